The molecule has 0 aliphatic heterocycles. The van der Waals surface area contributed by atoms with Gasteiger partial charge in [0.15, 0.2) is 0 Å². The summed E-state index contributed by atoms with van der Waals surface area (Å²) in [6.45, 7) is 4.54. The van der Waals surface area contributed by atoms with Crippen LogP contribution in [0.4, 0.5) is 0 Å². The zero-order chi connectivity index (χ0) is 19.0. The molecule has 148 valence electrons. The van der Waals surface area contributed by atoms with Gasteiger partial charge in [-0.15, -0.1) is 0 Å². The molecule has 0 aliphatic rings. The van der Waals surface area contributed by atoms with Crippen molar-refractivity contribution in [3.8, 4) is 0 Å². The highest BCUT2D eigenvalue weighted by Crippen LogP contribution is 2.08. The molecule has 0 unspecified atom stereocenters. The molecule has 0 aromatic rings. The molecule has 0 fully saturated rings. The average molecular weight is 357 g/mol. The van der Waals surface area contributed by atoms with Crippen LogP contribution in [0.2, 0.25) is 0 Å². The van der Waals surface area contributed by atoms with Crippen molar-refractivity contribution in [3.63, 3.8) is 0 Å². The first-order chi connectivity index (χ1) is 12.9. The minimum Gasteiger partial charge on any atom is -0.0845 e. The smallest absolute Gasteiger partial charge is 0.0348 e. The Bertz CT molecular complexity index is 392. The summed E-state index contributed by atoms with van der Waals surface area (Å²) in [5.41, 5.74) is 0. The Balaban J connectivity index is 3.45. The van der Waals surface area contributed by atoms with Crippen LogP contribution in [0.1, 0.15) is 104 Å². The summed E-state index contributed by atoms with van der Waals surface area (Å²) < 4.78 is 0. The molecule has 0 spiro atoms. The molecule has 0 atom stereocenters. The lowest BCUT2D eigenvalue weighted by Gasteiger charge is -1.98. The third kappa shape index (κ3) is 22.7. The second kappa shape index (κ2) is 23.7. The molecule has 0 aromatic carbocycles. The lowest BCUT2D eigenvalue weighted by molar-refractivity contribution is 0.592. The standard InChI is InChI=1S/C26H44/c1-3-5-7-9-11-13-15-17-19-21-23-25-26-24-22-20-18-16-14-12-10-8-6-4-2/h15,17,19-26H,3-14,16,18H2,1-2H3. The zero-order valence-corrected chi connectivity index (χ0v) is 17.7. The van der Waals surface area contributed by atoms with Crippen LogP contribution < -0.4 is 0 Å². The fourth-order valence-electron chi connectivity index (χ4n) is 2.82. The maximum absolute atomic E-state index is 2.29. The summed E-state index contributed by atoms with van der Waals surface area (Å²) in [4.78, 5) is 0. The van der Waals surface area contributed by atoms with Crippen molar-refractivity contribution < 1.29 is 0 Å². The van der Waals surface area contributed by atoms with Gasteiger partial charge in [0.1, 0.15) is 0 Å². The van der Waals surface area contributed by atoms with Gasteiger partial charge in [-0.2, -0.15) is 0 Å². The van der Waals surface area contributed by atoms with Crippen molar-refractivity contribution in [1.82, 2.24) is 0 Å². The van der Waals surface area contributed by atoms with Crippen molar-refractivity contribution in [2.45, 2.75) is 104 Å². The quantitative estimate of drug-likeness (QED) is 0.169. The van der Waals surface area contributed by atoms with E-state index in [0.717, 1.165) is 0 Å². The first-order valence-corrected chi connectivity index (χ1v) is 11.2. The Morgan fingerprint density at radius 1 is 0.346 bits per heavy atom. The third-order valence-corrected chi connectivity index (χ3v) is 4.50. The van der Waals surface area contributed by atoms with Gasteiger partial charge in [0.05, 0.1) is 0 Å². The van der Waals surface area contributed by atoms with Gasteiger partial charge >= 0.3 is 0 Å². The van der Waals surface area contributed by atoms with Crippen LogP contribution >= 0.6 is 0 Å². The van der Waals surface area contributed by atoms with E-state index in [0.29, 0.717) is 0 Å². The number of hydrogen-bond acceptors (Lipinski definition) is 0. The maximum Gasteiger partial charge on any atom is -0.0348 e. The first-order valence-electron chi connectivity index (χ1n) is 11.2. The first kappa shape index (κ1) is 24.7. The molecule has 0 rings (SSSR count). The minimum atomic E-state index is 1.21. The molecule has 0 saturated heterocycles. The van der Waals surface area contributed by atoms with E-state index in [1.165, 1.54) is 89.9 Å². The molecule has 0 heteroatoms. The summed E-state index contributed by atoms with van der Waals surface area (Å²) in [7, 11) is 0. The molecule has 0 nitrogen and oxygen atoms in total. The molecule has 0 N–H and O–H groups in total. The van der Waals surface area contributed by atoms with Gasteiger partial charge in [0, 0.05) is 0 Å². The maximum atomic E-state index is 2.29. The fourth-order valence-corrected chi connectivity index (χ4v) is 2.82. The third-order valence-electron chi connectivity index (χ3n) is 4.50. The van der Waals surface area contributed by atoms with Gasteiger partial charge < -0.3 is 0 Å². The van der Waals surface area contributed by atoms with Gasteiger partial charge in [-0.3, -0.25) is 0 Å². The van der Waals surface area contributed by atoms with Gasteiger partial charge in [-0.1, -0.05) is 139 Å². The normalized spacial score (nSPS) is 12.8. The Labute approximate surface area is 164 Å². The Kier molecular flexibility index (Phi) is 22.5. The van der Waals surface area contributed by atoms with Crippen LogP contribution in [0.15, 0.2) is 60.8 Å². The second-order valence-electron chi connectivity index (χ2n) is 7.12. The molecule has 0 heterocycles. The van der Waals surface area contributed by atoms with Gasteiger partial charge in [0.25, 0.3) is 0 Å². The fraction of sp³-hybridized carbons (Fsp3) is 0.615. The van der Waals surface area contributed by atoms with Crippen LogP contribution in [-0.2, 0) is 0 Å². The lowest BCUT2D eigenvalue weighted by atomic mass is 10.1. The molecule has 0 amide bonds. The number of unbranched alkanes of at least 4 members (excludes halogenated alkanes) is 12. The van der Waals surface area contributed by atoms with Crippen molar-refractivity contribution >= 4 is 0 Å². The van der Waals surface area contributed by atoms with Crippen LogP contribution in [-0.4, -0.2) is 0 Å². The van der Waals surface area contributed by atoms with Crippen LogP contribution in [0.5, 0.6) is 0 Å². The molecule has 0 radical (unpaired) electrons. The Hall–Kier alpha value is -1.30. The highest BCUT2D eigenvalue weighted by atomic mass is 13.9. The van der Waals surface area contributed by atoms with Crippen molar-refractivity contribution in [2.75, 3.05) is 0 Å². The topological polar surface area (TPSA) is 0 Å². The summed E-state index contributed by atoms with van der Waals surface area (Å²) in [6, 6.07) is 0. The molecular weight excluding hydrogens is 312 g/mol. The summed E-state index contributed by atoms with van der Waals surface area (Å²) >= 11 is 0. The SMILES string of the molecule is CCCCCCCC=CC=CC=CC=CC=CCCCCCCCCC. The van der Waals surface area contributed by atoms with E-state index in [2.05, 4.69) is 74.6 Å². The van der Waals surface area contributed by atoms with E-state index >= 15 is 0 Å². The van der Waals surface area contributed by atoms with Crippen LogP contribution in [0, 0.1) is 0 Å². The highest BCUT2D eigenvalue weighted by molar-refractivity contribution is 5.17. The van der Waals surface area contributed by atoms with Crippen LogP contribution in [0.25, 0.3) is 0 Å². The predicted molar refractivity (Wildman–Crippen MR) is 122 cm³/mol. The van der Waals surface area contributed by atoms with Crippen LogP contribution in [0.3, 0.4) is 0 Å². The molecule has 26 heavy (non-hydrogen) atoms. The summed E-state index contributed by atoms with van der Waals surface area (Å²) in [5, 5.41) is 0. The number of rotatable bonds is 18. The summed E-state index contributed by atoms with van der Waals surface area (Å²) in [6.07, 6.45) is 40.5. The van der Waals surface area contributed by atoms with Gasteiger partial charge in [-0.05, 0) is 25.7 Å². The lowest BCUT2D eigenvalue weighted by Crippen LogP contribution is -1.78. The van der Waals surface area contributed by atoms with E-state index in [9.17, 15) is 0 Å². The number of hydrogen-bond donors (Lipinski definition) is 0. The van der Waals surface area contributed by atoms with E-state index in [1.807, 2.05) is 0 Å². The van der Waals surface area contributed by atoms with E-state index in [1.54, 1.807) is 0 Å². The minimum absolute atomic E-state index is 1.21. The summed E-state index contributed by atoms with van der Waals surface area (Å²) in [5.74, 6) is 0. The van der Waals surface area contributed by atoms with E-state index in [-0.39, 0.29) is 0 Å². The predicted octanol–water partition coefficient (Wildman–Crippen LogP) is 9.27. The molecule has 0 aliphatic carbocycles. The molecular formula is C26H44. The van der Waals surface area contributed by atoms with Crippen molar-refractivity contribution in [2.24, 2.45) is 0 Å². The largest absolute Gasteiger partial charge is 0.0845 e. The molecule has 0 bridgehead atoms. The number of allylic oxidation sites excluding steroid dienone is 10. The molecule has 0 saturated carbocycles. The monoisotopic (exact) mass is 356 g/mol. The van der Waals surface area contributed by atoms with Crippen molar-refractivity contribution in [1.29, 1.82) is 0 Å². The average Bonchev–Trinajstić information content (AvgIpc) is 2.66. The second-order valence-corrected chi connectivity index (χ2v) is 7.12. The van der Waals surface area contributed by atoms with Gasteiger partial charge in [0.2, 0.25) is 0 Å². The zero-order valence-electron chi connectivity index (χ0n) is 17.7. The van der Waals surface area contributed by atoms with Crippen molar-refractivity contribution in [3.05, 3.63) is 60.8 Å². The Morgan fingerprint density at radius 3 is 1.04 bits per heavy atom. The van der Waals surface area contributed by atoms with E-state index in [4.69, 9.17) is 0 Å². The van der Waals surface area contributed by atoms with E-state index < -0.39 is 0 Å². The highest BCUT2D eigenvalue weighted by Gasteiger charge is 1.88. The molecule has 0 aromatic heterocycles. The Morgan fingerprint density at radius 2 is 0.654 bits per heavy atom. The van der Waals surface area contributed by atoms with Gasteiger partial charge in [-0.25, -0.2) is 0 Å².